The van der Waals surface area contributed by atoms with E-state index in [1.807, 2.05) is 24.3 Å². The van der Waals surface area contributed by atoms with E-state index in [1.54, 1.807) is 0 Å². The van der Waals surface area contributed by atoms with Gasteiger partial charge in [0.1, 0.15) is 0 Å². The molecule has 0 heterocycles. The second-order valence-corrected chi connectivity index (χ2v) is 2.54. The Bertz CT molecular complexity index is 148. The van der Waals surface area contributed by atoms with Gasteiger partial charge in [0.15, 0.2) is 0 Å². The average molecular weight is 234 g/mol. The topological polar surface area (TPSA) is 0 Å². The van der Waals surface area contributed by atoms with Gasteiger partial charge in [-0.15, -0.1) is 12.1 Å². The first kappa shape index (κ1) is 9.09. The van der Waals surface area contributed by atoms with Crippen LogP contribution in [0.25, 0.3) is 0 Å². The molecule has 0 radical (unpaired) electrons. The molecule has 0 unspecified atom stereocenters. The Morgan fingerprint density at radius 2 is 1.56 bits per heavy atom. The van der Waals surface area contributed by atoms with Crippen LogP contribution in [0.2, 0.25) is 0 Å². The fraction of sp³-hybridized carbons (Fsp3) is 0. The zero-order chi connectivity index (χ0) is 5.98. The van der Waals surface area contributed by atoms with E-state index in [4.69, 9.17) is 0 Å². The molecule has 1 rings (SSSR count). The second kappa shape index (κ2) is 3.99. The Labute approximate surface area is 74.3 Å². The number of halogens is 1. The molecule has 0 aromatic heterocycles. The van der Waals surface area contributed by atoms with Crippen molar-refractivity contribution in [3.63, 3.8) is 0 Å². The van der Waals surface area contributed by atoms with Crippen molar-refractivity contribution in [2.45, 2.75) is 0 Å². The van der Waals surface area contributed by atoms with Gasteiger partial charge < -0.3 is 0 Å². The van der Waals surface area contributed by atoms with Gasteiger partial charge in [-0.2, -0.15) is 24.6 Å². The van der Waals surface area contributed by atoms with E-state index in [0.29, 0.717) is 0 Å². The quantitative estimate of drug-likeness (QED) is 0.477. The number of hydrogen-bond acceptors (Lipinski definition) is 0. The van der Waals surface area contributed by atoms with Crippen molar-refractivity contribution in [1.82, 2.24) is 0 Å². The second-order valence-electron chi connectivity index (χ2n) is 1.63. The van der Waals surface area contributed by atoms with Crippen molar-refractivity contribution in [2.24, 2.45) is 0 Å². The average Bonchev–Trinajstić information content (AvgIpc) is 1.77. The van der Waals surface area contributed by atoms with E-state index < -0.39 is 0 Å². The van der Waals surface area contributed by atoms with Crippen molar-refractivity contribution in [2.75, 3.05) is 0 Å². The molecule has 0 aliphatic carbocycles. The first-order valence-corrected chi connectivity index (χ1v) is 3.16. The van der Waals surface area contributed by atoms with E-state index in [-0.39, 0.29) is 17.1 Å². The minimum absolute atomic E-state index is 0. The molecule has 0 aliphatic heterocycles. The standard InChI is InChI=1S/C7H6Br.Cu/c1-6-2-4-7(8)5-3-6;/h2-5H,1H2;/q-1;+1. The summed E-state index contributed by atoms with van der Waals surface area (Å²) in [5, 5.41) is 0. The predicted molar refractivity (Wildman–Crippen MR) is 38.6 cm³/mol. The van der Waals surface area contributed by atoms with Crippen LogP contribution in [-0.2, 0) is 17.1 Å². The van der Waals surface area contributed by atoms with Crippen molar-refractivity contribution in [3.05, 3.63) is 41.2 Å². The van der Waals surface area contributed by atoms with Gasteiger partial charge in [-0.05, 0) is 4.47 Å². The summed E-state index contributed by atoms with van der Waals surface area (Å²) in [6.45, 7) is 3.74. The third-order valence-electron chi connectivity index (χ3n) is 0.913. The van der Waals surface area contributed by atoms with Crippen LogP contribution in [0.5, 0.6) is 0 Å². The molecular formula is C7H6BrCu. The SMILES string of the molecule is [CH2-]c1ccc(Br)cc1.[Cu+]. The Morgan fingerprint density at radius 1 is 1.11 bits per heavy atom. The Balaban J connectivity index is 0.000000640. The van der Waals surface area contributed by atoms with Crippen LogP contribution >= 0.6 is 15.9 Å². The van der Waals surface area contributed by atoms with E-state index in [2.05, 4.69) is 22.9 Å². The van der Waals surface area contributed by atoms with Crippen LogP contribution in [0.3, 0.4) is 0 Å². The molecule has 0 spiro atoms. The van der Waals surface area contributed by atoms with E-state index in [0.717, 1.165) is 10.0 Å². The summed E-state index contributed by atoms with van der Waals surface area (Å²) in [6.07, 6.45) is 0. The molecule has 0 atom stereocenters. The summed E-state index contributed by atoms with van der Waals surface area (Å²) in [7, 11) is 0. The van der Waals surface area contributed by atoms with Gasteiger partial charge in [0.2, 0.25) is 0 Å². The molecule has 1 aromatic rings. The summed E-state index contributed by atoms with van der Waals surface area (Å²) >= 11 is 3.32. The summed E-state index contributed by atoms with van der Waals surface area (Å²) in [5.74, 6) is 0. The largest absolute Gasteiger partial charge is 1.00 e. The molecule has 9 heavy (non-hydrogen) atoms. The first-order valence-electron chi connectivity index (χ1n) is 2.36. The molecule has 0 aliphatic rings. The van der Waals surface area contributed by atoms with E-state index in [9.17, 15) is 0 Å². The normalized spacial score (nSPS) is 8.11. The summed E-state index contributed by atoms with van der Waals surface area (Å²) in [5.41, 5.74) is 1.05. The Hall–Kier alpha value is 0.0895. The molecule has 0 bridgehead atoms. The molecule has 0 saturated carbocycles. The van der Waals surface area contributed by atoms with Crippen LogP contribution in [0.1, 0.15) is 5.56 Å². The van der Waals surface area contributed by atoms with Crippen molar-refractivity contribution < 1.29 is 17.1 Å². The predicted octanol–water partition coefficient (Wildman–Crippen LogP) is 2.63. The molecule has 0 saturated heterocycles. The minimum atomic E-state index is 0. The maximum Gasteiger partial charge on any atom is 1.00 e. The smallest absolute Gasteiger partial charge is 0.199 e. The maximum absolute atomic E-state index is 3.74. The van der Waals surface area contributed by atoms with Crippen LogP contribution in [0.4, 0.5) is 0 Å². The van der Waals surface area contributed by atoms with E-state index in [1.165, 1.54) is 0 Å². The third-order valence-corrected chi connectivity index (χ3v) is 1.44. The number of rotatable bonds is 0. The summed E-state index contributed by atoms with van der Waals surface area (Å²) in [6, 6.07) is 7.87. The molecule has 0 N–H and O–H groups in total. The van der Waals surface area contributed by atoms with Crippen molar-refractivity contribution >= 4 is 15.9 Å². The number of benzene rings is 1. The van der Waals surface area contributed by atoms with E-state index >= 15 is 0 Å². The number of hydrogen-bond donors (Lipinski definition) is 0. The van der Waals surface area contributed by atoms with Gasteiger partial charge in [0, 0.05) is 0 Å². The maximum atomic E-state index is 3.74. The van der Waals surface area contributed by atoms with Gasteiger partial charge in [-0.1, -0.05) is 15.9 Å². The van der Waals surface area contributed by atoms with Gasteiger partial charge >= 0.3 is 17.1 Å². The molecule has 0 fully saturated rings. The molecule has 1 aromatic carbocycles. The van der Waals surface area contributed by atoms with Crippen LogP contribution < -0.4 is 0 Å². The van der Waals surface area contributed by atoms with Crippen molar-refractivity contribution in [1.29, 1.82) is 0 Å². The molecule has 0 amide bonds. The van der Waals surface area contributed by atoms with Gasteiger partial charge in [-0.25, -0.2) is 0 Å². The Kier molecular flexibility index (Phi) is 4.03. The van der Waals surface area contributed by atoms with Crippen molar-refractivity contribution in [3.8, 4) is 0 Å². The Morgan fingerprint density at radius 3 is 1.89 bits per heavy atom. The van der Waals surface area contributed by atoms with Crippen LogP contribution in [0.15, 0.2) is 28.7 Å². The van der Waals surface area contributed by atoms with Gasteiger partial charge in [0.05, 0.1) is 0 Å². The first-order chi connectivity index (χ1) is 3.79. The zero-order valence-electron chi connectivity index (χ0n) is 4.70. The van der Waals surface area contributed by atoms with Gasteiger partial charge in [0.25, 0.3) is 0 Å². The monoisotopic (exact) mass is 232 g/mol. The van der Waals surface area contributed by atoms with Crippen LogP contribution in [-0.4, -0.2) is 0 Å². The fourth-order valence-electron chi connectivity index (χ4n) is 0.484. The fourth-order valence-corrected chi connectivity index (χ4v) is 0.749. The molecule has 2 heteroatoms. The summed E-state index contributed by atoms with van der Waals surface area (Å²) in [4.78, 5) is 0. The minimum Gasteiger partial charge on any atom is -0.199 e. The van der Waals surface area contributed by atoms with Gasteiger partial charge in [-0.3, -0.25) is 0 Å². The molecule has 0 nitrogen and oxygen atoms in total. The zero-order valence-corrected chi connectivity index (χ0v) is 7.22. The third kappa shape index (κ3) is 2.95. The van der Waals surface area contributed by atoms with Crippen LogP contribution in [0, 0.1) is 6.92 Å². The molecule has 52 valence electrons. The molecular weight excluding hydrogens is 228 g/mol. The summed E-state index contributed by atoms with van der Waals surface area (Å²) < 4.78 is 1.10.